The predicted molar refractivity (Wildman–Crippen MR) is 85.7 cm³/mol. The standard InChI is InChI=1S/C14H21BrN2O.ClH/c1-10(16)7-8-17-13(18)14(2,3)11-5-4-6-12(15)9-11;/h4-6,9-10H,7-8,16H2,1-3H3,(H,17,18);1H. The van der Waals surface area contributed by atoms with Gasteiger partial charge in [0.1, 0.15) is 0 Å². The zero-order valence-electron chi connectivity index (χ0n) is 11.6. The Hall–Kier alpha value is -0.580. The first-order chi connectivity index (χ1) is 8.34. The van der Waals surface area contributed by atoms with Crippen LogP contribution in [0.1, 0.15) is 32.8 Å². The Morgan fingerprint density at radius 3 is 2.63 bits per heavy atom. The minimum Gasteiger partial charge on any atom is -0.355 e. The summed E-state index contributed by atoms with van der Waals surface area (Å²) in [6.07, 6.45) is 0.792. The number of benzene rings is 1. The molecule has 108 valence electrons. The fourth-order valence-electron chi connectivity index (χ4n) is 1.64. The van der Waals surface area contributed by atoms with E-state index in [1.165, 1.54) is 0 Å². The first kappa shape index (κ1) is 18.4. The molecule has 0 bridgehead atoms. The molecule has 19 heavy (non-hydrogen) atoms. The molecule has 0 aliphatic carbocycles. The summed E-state index contributed by atoms with van der Waals surface area (Å²) in [4.78, 5) is 12.2. The van der Waals surface area contributed by atoms with Crippen LogP contribution in [0.5, 0.6) is 0 Å². The minimum absolute atomic E-state index is 0. The normalized spacial score (nSPS) is 12.5. The van der Waals surface area contributed by atoms with Crippen LogP contribution in [0.2, 0.25) is 0 Å². The molecular weight excluding hydrogens is 328 g/mol. The van der Waals surface area contributed by atoms with Crippen molar-refractivity contribution in [2.24, 2.45) is 5.73 Å². The Balaban J connectivity index is 0.00000324. The van der Waals surface area contributed by atoms with Gasteiger partial charge in [-0.3, -0.25) is 4.79 Å². The molecule has 1 rings (SSSR count). The fraction of sp³-hybridized carbons (Fsp3) is 0.500. The van der Waals surface area contributed by atoms with Crippen molar-refractivity contribution in [1.29, 1.82) is 0 Å². The number of nitrogens with two attached hydrogens (primary N) is 1. The highest BCUT2D eigenvalue weighted by atomic mass is 79.9. The molecule has 0 aliphatic heterocycles. The van der Waals surface area contributed by atoms with E-state index in [9.17, 15) is 4.79 Å². The Labute approximate surface area is 129 Å². The zero-order chi connectivity index (χ0) is 13.8. The topological polar surface area (TPSA) is 55.1 Å². The number of carbonyl (C=O) groups is 1. The van der Waals surface area contributed by atoms with Gasteiger partial charge >= 0.3 is 0 Å². The molecule has 0 spiro atoms. The highest BCUT2D eigenvalue weighted by Crippen LogP contribution is 2.25. The van der Waals surface area contributed by atoms with Gasteiger partial charge in [0.25, 0.3) is 0 Å². The maximum absolute atomic E-state index is 12.2. The Bertz CT molecular complexity index is 422. The second kappa shape index (κ2) is 7.88. The molecule has 1 amide bonds. The molecule has 1 unspecified atom stereocenters. The predicted octanol–water partition coefficient (Wildman–Crippen LogP) is 3.00. The zero-order valence-corrected chi connectivity index (χ0v) is 14.0. The van der Waals surface area contributed by atoms with Crippen LogP contribution in [0.25, 0.3) is 0 Å². The first-order valence-electron chi connectivity index (χ1n) is 6.14. The second-order valence-corrected chi connectivity index (χ2v) is 6.07. The summed E-state index contributed by atoms with van der Waals surface area (Å²) in [6.45, 7) is 6.41. The number of amides is 1. The van der Waals surface area contributed by atoms with Gasteiger partial charge in [0, 0.05) is 17.1 Å². The largest absolute Gasteiger partial charge is 0.355 e. The number of halogens is 2. The lowest BCUT2D eigenvalue weighted by Gasteiger charge is -2.24. The van der Waals surface area contributed by atoms with E-state index in [1.54, 1.807) is 0 Å². The van der Waals surface area contributed by atoms with E-state index >= 15 is 0 Å². The van der Waals surface area contributed by atoms with Gasteiger partial charge in [-0.25, -0.2) is 0 Å². The van der Waals surface area contributed by atoms with Crippen molar-refractivity contribution >= 4 is 34.2 Å². The van der Waals surface area contributed by atoms with E-state index in [4.69, 9.17) is 5.73 Å². The summed E-state index contributed by atoms with van der Waals surface area (Å²) >= 11 is 3.43. The SMILES string of the molecule is CC(N)CCNC(=O)C(C)(C)c1cccc(Br)c1.Cl. The van der Waals surface area contributed by atoms with Crippen molar-refractivity contribution in [3.8, 4) is 0 Å². The molecular formula is C14H22BrClN2O. The van der Waals surface area contributed by atoms with Crippen LogP contribution in [0.3, 0.4) is 0 Å². The summed E-state index contributed by atoms with van der Waals surface area (Å²) in [5, 5.41) is 2.94. The van der Waals surface area contributed by atoms with Crippen molar-refractivity contribution in [2.75, 3.05) is 6.54 Å². The van der Waals surface area contributed by atoms with Crippen LogP contribution in [-0.2, 0) is 10.2 Å². The number of hydrogen-bond donors (Lipinski definition) is 2. The van der Waals surface area contributed by atoms with Crippen molar-refractivity contribution in [3.05, 3.63) is 34.3 Å². The highest BCUT2D eigenvalue weighted by molar-refractivity contribution is 9.10. The summed E-state index contributed by atoms with van der Waals surface area (Å²) < 4.78 is 0.983. The first-order valence-corrected chi connectivity index (χ1v) is 6.93. The van der Waals surface area contributed by atoms with E-state index in [-0.39, 0.29) is 24.4 Å². The van der Waals surface area contributed by atoms with Crippen LogP contribution >= 0.6 is 28.3 Å². The van der Waals surface area contributed by atoms with Gasteiger partial charge in [-0.15, -0.1) is 12.4 Å². The molecule has 0 heterocycles. The van der Waals surface area contributed by atoms with Crippen molar-refractivity contribution in [3.63, 3.8) is 0 Å². The maximum Gasteiger partial charge on any atom is 0.230 e. The van der Waals surface area contributed by atoms with Gasteiger partial charge in [-0.2, -0.15) is 0 Å². The van der Waals surface area contributed by atoms with E-state index in [2.05, 4.69) is 21.2 Å². The summed E-state index contributed by atoms with van der Waals surface area (Å²) in [5.41, 5.74) is 6.12. The smallest absolute Gasteiger partial charge is 0.230 e. The molecule has 3 N–H and O–H groups in total. The van der Waals surface area contributed by atoms with Gasteiger partial charge in [-0.1, -0.05) is 28.1 Å². The van der Waals surface area contributed by atoms with Crippen molar-refractivity contribution in [1.82, 2.24) is 5.32 Å². The molecule has 3 nitrogen and oxygen atoms in total. The van der Waals surface area contributed by atoms with Crippen LogP contribution < -0.4 is 11.1 Å². The third-order valence-corrected chi connectivity index (χ3v) is 3.49. The second-order valence-electron chi connectivity index (χ2n) is 5.16. The number of hydrogen-bond acceptors (Lipinski definition) is 2. The monoisotopic (exact) mass is 348 g/mol. The molecule has 1 aromatic carbocycles. The molecule has 1 atom stereocenters. The molecule has 5 heteroatoms. The summed E-state index contributed by atoms with van der Waals surface area (Å²) in [7, 11) is 0. The number of nitrogens with one attached hydrogen (secondary N) is 1. The lowest BCUT2D eigenvalue weighted by molar-refractivity contribution is -0.125. The van der Waals surface area contributed by atoms with Gasteiger partial charge in [0.15, 0.2) is 0 Å². The van der Waals surface area contributed by atoms with Crippen molar-refractivity contribution in [2.45, 2.75) is 38.6 Å². The lowest BCUT2D eigenvalue weighted by atomic mass is 9.84. The third kappa shape index (κ3) is 5.51. The van der Waals surface area contributed by atoms with Crippen LogP contribution in [-0.4, -0.2) is 18.5 Å². The summed E-state index contributed by atoms with van der Waals surface area (Å²) in [6, 6.07) is 7.95. The maximum atomic E-state index is 12.2. The average molecular weight is 350 g/mol. The van der Waals surface area contributed by atoms with E-state index in [0.717, 1.165) is 16.5 Å². The molecule has 1 aromatic rings. The third-order valence-electron chi connectivity index (χ3n) is 3.00. The highest BCUT2D eigenvalue weighted by Gasteiger charge is 2.29. The van der Waals surface area contributed by atoms with E-state index in [0.29, 0.717) is 6.54 Å². The quantitative estimate of drug-likeness (QED) is 0.858. The van der Waals surface area contributed by atoms with Gasteiger partial charge in [0.05, 0.1) is 5.41 Å². The Morgan fingerprint density at radius 2 is 2.11 bits per heavy atom. The van der Waals surface area contributed by atoms with E-state index in [1.807, 2.05) is 45.0 Å². The fourth-order valence-corrected chi connectivity index (χ4v) is 2.04. The van der Waals surface area contributed by atoms with Crippen molar-refractivity contribution < 1.29 is 4.79 Å². The minimum atomic E-state index is -0.540. The van der Waals surface area contributed by atoms with Gasteiger partial charge in [0.2, 0.25) is 5.91 Å². The average Bonchev–Trinajstić information content (AvgIpc) is 2.28. The summed E-state index contributed by atoms with van der Waals surface area (Å²) in [5.74, 6) is 0.0289. The Kier molecular flexibility index (Phi) is 7.64. The van der Waals surface area contributed by atoms with Gasteiger partial charge < -0.3 is 11.1 Å². The number of carbonyl (C=O) groups excluding carboxylic acids is 1. The van der Waals surface area contributed by atoms with Crippen LogP contribution in [0.4, 0.5) is 0 Å². The molecule has 0 aromatic heterocycles. The molecule has 0 saturated heterocycles. The van der Waals surface area contributed by atoms with Crippen LogP contribution in [0, 0.1) is 0 Å². The van der Waals surface area contributed by atoms with E-state index < -0.39 is 5.41 Å². The van der Waals surface area contributed by atoms with Gasteiger partial charge in [-0.05, 0) is 44.9 Å². The van der Waals surface area contributed by atoms with Crippen LogP contribution in [0.15, 0.2) is 28.7 Å². The molecule has 0 aliphatic rings. The molecule has 0 saturated carbocycles. The molecule has 0 fully saturated rings. The molecule has 0 radical (unpaired) electrons. The Morgan fingerprint density at radius 1 is 1.47 bits per heavy atom. The lowest BCUT2D eigenvalue weighted by Crippen LogP contribution is -2.41. The number of rotatable bonds is 5.